The van der Waals surface area contributed by atoms with Gasteiger partial charge in [0.25, 0.3) is 0 Å². The van der Waals surface area contributed by atoms with Crippen LogP contribution in [0.1, 0.15) is 19.3 Å². The molecule has 1 aromatic heterocycles. The summed E-state index contributed by atoms with van der Waals surface area (Å²) in [6.45, 7) is 0.214. The lowest BCUT2D eigenvalue weighted by molar-refractivity contribution is 0.572. The highest BCUT2D eigenvalue weighted by molar-refractivity contribution is 7.89. The predicted molar refractivity (Wildman–Crippen MR) is 65.1 cm³/mol. The number of amidine groups is 1. The van der Waals surface area contributed by atoms with Crippen molar-refractivity contribution in [2.75, 3.05) is 6.54 Å². The van der Waals surface area contributed by atoms with Crippen LogP contribution in [-0.2, 0) is 10.0 Å². The lowest BCUT2D eigenvalue weighted by Gasteiger charge is -2.06. The van der Waals surface area contributed by atoms with Crippen LogP contribution in [0.15, 0.2) is 23.4 Å². The Morgan fingerprint density at radius 1 is 1.44 bits per heavy atom. The van der Waals surface area contributed by atoms with Crippen molar-refractivity contribution in [3.63, 3.8) is 0 Å². The average molecular weight is 274 g/mol. The quantitative estimate of drug-likeness (QED) is 0.384. The van der Waals surface area contributed by atoms with Crippen molar-refractivity contribution in [3.05, 3.63) is 24.3 Å². The third-order valence-electron chi connectivity index (χ3n) is 2.16. The summed E-state index contributed by atoms with van der Waals surface area (Å²) in [5.74, 6) is -0.623. The van der Waals surface area contributed by atoms with Crippen LogP contribution >= 0.6 is 0 Å². The Morgan fingerprint density at radius 3 is 2.78 bits per heavy atom. The Morgan fingerprint density at radius 2 is 2.17 bits per heavy atom. The molecule has 0 amide bonds. The fourth-order valence-electron chi connectivity index (χ4n) is 1.27. The van der Waals surface area contributed by atoms with E-state index in [4.69, 9.17) is 11.1 Å². The summed E-state index contributed by atoms with van der Waals surface area (Å²) in [7, 11) is -3.72. The summed E-state index contributed by atoms with van der Waals surface area (Å²) in [6, 6.07) is 0.908. The highest BCUT2D eigenvalue weighted by Crippen LogP contribution is 2.08. The van der Waals surface area contributed by atoms with E-state index in [9.17, 15) is 12.8 Å². The molecule has 0 atom stereocenters. The zero-order valence-electron chi connectivity index (χ0n) is 9.69. The Bertz CT molecular complexity index is 518. The minimum atomic E-state index is -3.72. The van der Waals surface area contributed by atoms with Crippen molar-refractivity contribution in [3.8, 4) is 0 Å². The van der Waals surface area contributed by atoms with Crippen LogP contribution in [0.25, 0.3) is 0 Å². The first-order chi connectivity index (χ1) is 8.42. The van der Waals surface area contributed by atoms with Gasteiger partial charge in [0.1, 0.15) is 10.7 Å². The molecule has 0 saturated carbocycles. The van der Waals surface area contributed by atoms with Gasteiger partial charge in [0.2, 0.25) is 10.0 Å². The number of nitrogens with two attached hydrogens (primary N) is 1. The molecule has 0 aliphatic carbocycles. The van der Waals surface area contributed by atoms with Gasteiger partial charge in [0, 0.05) is 19.2 Å². The summed E-state index contributed by atoms with van der Waals surface area (Å²) < 4.78 is 38.6. The molecule has 8 heteroatoms. The number of halogens is 1. The van der Waals surface area contributed by atoms with Gasteiger partial charge in [-0.05, 0) is 18.9 Å². The van der Waals surface area contributed by atoms with Crippen LogP contribution in [0.2, 0.25) is 0 Å². The zero-order chi connectivity index (χ0) is 13.6. The fraction of sp³-hybridized carbons (Fsp3) is 0.400. The van der Waals surface area contributed by atoms with Crippen molar-refractivity contribution >= 4 is 15.9 Å². The number of pyridine rings is 1. The van der Waals surface area contributed by atoms with Crippen LogP contribution in [-0.4, -0.2) is 25.8 Å². The van der Waals surface area contributed by atoms with Crippen molar-refractivity contribution in [2.45, 2.75) is 24.2 Å². The molecule has 0 aromatic carbocycles. The first-order valence-corrected chi connectivity index (χ1v) is 6.83. The molecule has 100 valence electrons. The van der Waals surface area contributed by atoms with E-state index >= 15 is 0 Å². The molecular formula is C10H15FN4O2S. The summed E-state index contributed by atoms with van der Waals surface area (Å²) >= 11 is 0. The molecule has 0 saturated heterocycles. The molecule has 0 radical (unpaired) electrons. The Labute approximate surface area is 105 Å². The van der Waals surface area contributed by atoms with Gasteiger partial charge < -0.3 is 5.73 Å². The molecule has 0 unspecified atom stereocenters. The normalized spacial score (nSPS) is 11.4. The first-order valence-electron chi connectivity index (χ1n) is 5.35. The van der Waals surface area contributed by atoms with Gasteiger partial charge in [-0.15, -0.1) is 0 Å². The van der Waals surface area contributed by atoms with E-state index in [2.05, 4.69) is 9.71 Å². The number of nitrogens with one attached hydrogen (secondary N) is 2. The van der Waals surface area contributed by atoms with Gasteiger partial charge in [-0.2, -0.15) is 0 Å². The van der Waals surface area contributed by atoms with E-state index in [1.807, 2.05) is 0 Å². The van der Waals surface area contributed by atoms with E-state index < -0.39 is 15.8 Å². The number of aromatic nitrogens is 1. The largest absolute Gasteiger partial charge is 0.388 e. The molecule has 18 heavy (non-hydrogen) atoms. The third-order valence-corrected chi connectivity index (χ3v) is 3.58. The second kappa shape index (κ2) is 6.41. The molecule has 4 N–H and O–H groups in total. The van der Waals surface area contributed by atoms with Gasteiger partial charge in [-0.3, -0.25) is 10.4 Å². The smallest absolute Gasteiger partial charge is 0.242 e. The van der Waals surface area contributed by atoms with Crippen LogP contribution in [0.4, 0.5) is 4.39 Å². The molecule has 0 fully saturated rings. The molecule has 0 aliphatic rings. The van der Waals surface area contributed by atoms with Gasteiger partial charge in [-0.25, -0.2) is 17.5 Å². The second-order valence-electron chi connectivity index (χ2n) is 3.72. The molecular weight excluding hydrogens is 259 g/mol. The topological polar surface area (TPSA) is 109 Å². The minimum absolute atomic E-state index is 0.0761. The molecule has 1 heterocycles. The predicted octanol–water partition coefficient (Wildman–Crippen LogP) is 0.605. The summed E-state index contributed by atoms with van der Waals surface area (Å²) in [5.41, 5.74) is 5.16. The average Bonchev–Trinajstić information content (AvgIpc) is 2.28. The maximum Gasteiger partial charge on any atom is 0.242 e. The van der Waals surface area contributed by atoms with Crippen LogP contribution in [0.3, 0.4) is 0 Å². The number of sulfonamides is 1. The van der Waals surface area contributed by atoms with E-state index in [0.29, 0.717) is 19.3 Å². The van der Waals surface area contributed by atoms with Gasteiger partial charge in [0.05, 0.1) is 12.0 Å². The summed E-state index contributed by atoms with van der Waals surface area (Å²) in [6.07, 6.45) is 3.64. The highest BCUT2D eigenvalue weighted by atomic mass is 32.2. The van der Waals surface area contributed by atoms with E-state index in [0.717, 1.165) is 18.5 Å². The molecule has 0 bridgehead atoms. The van der Waals surface area contributed by atoms with Crippen molar-refractivity contribution in [2.24, 2.45) is 5.73 Å². The van der Waals surface area contributed by atoms with Crippen molar-refractivity contribution in [1.82, 2.24) is 9.71 Å². The van der Waals surface area contributed by atoms with Crippen LogP contribution in [0, 0.1) is 11.2 Å². The second-order valence-corrected chi connectivity index (χ2v) is 5.49. The minimum Gasteiger partial charge on any atom is -0.388 e. The standard InChI is InChI=1S/C10H15FN4O2S/c11-8-5-9(7-14-6-8)18(16,17)15-4-2-1-3-10(12)13/h5-7,15H,1-4H2,(H3,12,13). The maximum absolute atomic E-state index is 12.8. The fourth-order valence-corrected chi connectivity index (χ4v) is 2.32. The summed E-state index contributed by atoms with van der Waals surface area (Å²) in [4.78, 5) is 3.28. The maximum atomic E-state index is 12.8. The number of hydrogen-bond acceptors (Lipinski definition) is 4. The third kappa shape index (κ3) is 4.76. The Balaban J connectivity index is 2.48. The van der Waals surface area contributed by atoms with Crippen molar-refractivity contribution in [1.29, 1.82) is 5.41 Å². The lowest BCUT2D eigenvalue weighted by atomic mass is 10.2. The SMILES string of the molecule is N=C(N)CCCCNS(=O)(=O)c1cncc(F)c1. The zero-order valence-corrected chi connectivity index (χ0v) is 10.5. The van der Waals surface area contributed by atoms with Crippen LogP contribution < -0.4 is 10.5 Å². The molecule has 1 aromatic rings. The van der Waals surface area contributed by atoms with E-state index in [1.165, 1.54) is 0 Å². The molecule has 1 rings (SSSR count). The van der Waals surface area contributed by atoms with Gasteiger partial charge in [0.15, 0.2) is 0 Å². The number of nitrogens with zero attached hydrogens (tertiary/aromatic N) is 1. The molecule has 0 spiro atoms. The first kappa shape index (κ1) is 14.5. The van der Waals surface area contributed by atoms with Gasteiger partial charge in [-0.1, -0.05) is 0 Å². The number of hydrogen-bond donors (Lipinski definition) is 3. The monoisotopic (exact) mass is 274 g/mol. The Hall–Kier alpha value is -1.54. The number of rotatable bonds is 7. The highest BCUT2D eigenvalue weighted by Gasteiger charge is 2.14. The van der Waals surface area contributed by atoms with E-state index in [-0.39, 0.29) is 17.3 Å². The van der Waals surface area contributed by atoms with Crippen LogP contribution in [0.5, 0.6) is 0 Å². The molecule has 6 nitrogen and oxygen atoms in total. The number of unbranched alkanes of at least 4 members (excludes halogenated alkanes) is 1. The lowest BCUT2D eigenvalue weighted by Crippen LogP contribution is -2.25. The van der Waals surface area contributed by atoms with Crippen molar-refractivity contribution < 1.29 is 12.8 Å². The van der Waals surface area contributed by atoms with E-state index in [1.54, 1.807) is 0 Å². The Kier molecular flexibility index (Phi) is 5.17. The summed E-state index contributed by atoms with van der Waals surface area (Å²) in [5, 5.41) is 7.00. The molecule has 0 aliphatic heterocycles. The van der Waals surface area contributed by atoms with Gasteiger partial charge >= 0.3 is 0 Å².